The van der Waals surface area contributed by atoms with Crippen molar-refractivity contribution in [3.05, 3.63) is 112 Å². The fourth-order valence-corrected chi connectivity index (χ4v) is 4.78. The lowest BCUT2D eigenvalue weighted by atomic mass is 9.98. The molecule has 2 aliphatic carbocycles. The molecule has 2 aromatic carbocycles. The van der Waals surface area contributed by atoms with Crippen LogP contribution in [0.4, 0.5) is 5.69 Å². The molecular weight excluding hydrogens is 378 g/mol. The van der Waals surface area contributed by atoms with Gasteiger partial charge in [-0.25, -0.2) is 0 Å². The highest BCUT2D eigenvalue weighted by molar-refractivity contribution is 6.36. The molecule has 0 N–H and O–H groups in total. The number of fused-ring (bicyclic) bond motifs is 2. The SMILES string of the molecule is Cc1cc(C)c2ccc(C=C3C(=O)N(Cc4ccccc4)c4ccccc43)c-2c(C)c1. The van der Waals surface area contributed by atoms with E-state index in [0.29, 0.717) is 6.54 Å². The maximum Gasteiger partial charge on any atom is 0.259 e. The first kappa shape index (κ1) is 19.3. The fraction of sp³-hybridized carbons (Fsp3) is 0.138. The van der Waals surface area contributed by atoms with Crippen molar-refractivity contribution in [2.75, 3.05) is 4.90 Å². The van der Waals surface area contributed by atoms with E-state index in [1.165, 1.54) is 27.8 Å². The van der Waals surface area contributed by atoms with Gasteiger partial charge in [0.05, 0.1) is 12.2 Å². The number of rotatable bonds is 3. The Morgan fingerprint density at radius 1 is 0.774 bits per heavy atom. The minimum Gasteiger partial charge on any atom is -0.303 e. The molecule has 0 fully saturated rings. The lowest BCUT2D eigenvalue weighted by Gasteiger charge is -2.17. The smallest absolute Gasteiger partial charge is 0.259 e. The lowest BCUT2D eigenvalue weighted by Crippen LogP contribution is -2.25. The summed E-state index contributed by atoms with van der Waals surface area (Å²) in [4.78, 5) is 15.4. The largest absolute Gasteiger partial charge is 0.303 e. The molecule has 5 rings (SSSR count). The van der Waals surface area contributed by atoms with Crippen LogP contribution in [0.3, 0.4) is 0 Å². The van der Waals surface area contributed by atoms with Crippen LogP contribution in [-0.4, -0.2) is 5.91 Å². The van der Waals surface area contributed by atoms with Crippen LogP contribution < -0.4 is 4.90 Å². The van der Waals surface area contributed by atoms with Gasteiger partial charge in [-0.3, -0.25) is 4.79 Å². The Morgan fingerprint density at radius 3 is 2.29 bits per heavy atom. The number of carbonyl (C=O) groups excluding carboxylic acids is 1. The number of hydrogen-bond acceptors (Lipinski definition) is 1. The van der Waals surface area contributed by atoms with Crippen molar-refractivity contribution < 1.29 is 4.79 Å². The molecule has 2 aromatic rings. The van der Waals surface area contributed by atoms with Crippen molar-refractivity contribution >= 4 is 23.2 Å². The zero-order valence-electron chi connectivity index (χ0n) is 18.1. The summed E-state index contributed by atoms with van der Waals surface area (Å²) in [6.07, 6.45) is 2.08. The van der Waals surface area contributed by atoms with Crippen LogP contribution >= 0.6 is 0 Å². The number of benzene rings is 2. The van der Waals surface area contributed by atoms with Crippen molar-refractivity contribution in [2.45, 2.75) is 27.3 Å². The molecule has 0 spiro atoms. The van der Waals surface area contributed by atoms with E-state index < -0.39 is 0 Å². The highest BCUT2D eigenvalue weighted by Crippen LogP contribution is 2.41. The second-order valence-corrected chi connectivity index (χ2v) is 8.43. The van der Waals surface area contributed by atoms with Crippen LogP contribution in [0.2, 0.25) is 0 Å². The summed E-state index contributed by atoms with van der Waals surface area (Å²) in [5, 5.41) is 0. The van der Waals surface area contributed by atoms with E-state index in [-0.39, 0.29) is 5.91 Å². The Labute approximate surface area is 183 Å². The van der Waals surface area contributed by atoms with E-state index in [2.05, 4.69) is 69.3 Å². The van der Waals surface area contributed by atoms with Crippen molar-refractivity contribution in [1.29, 1.82) is 0 Å². The standard InChI is InChI=1S/C29H25NO/c1-19-15-20(2)24-14-13-23(28(24)21(3)16-19)17-26-25-11-7-8-12-27(25)30(29(26)31)18-22-9-5-4-6-10-22/h4-17H,18H2,1-3H3. The van der Waals surface area contributed by atoms with Crippen LogP contribution in [0.25, 0.3) is 22.8 Å². The summed E-state index contributed by atoms with van der Waals surface area (Å²) in [5.41, 5.74) is 11.2. The van der Waals surface area contributed by atoms with Gasteiger partial charge in [0.25, 0.3) is 5.91 Å². The van der Waals surface area contributed by atoms with E-state index in [1.807, 2.05) is 41.3 Å². The molecule has 1 heterocycles. The molecule has 152 valence electrons. The number of hydrogen-bond donors (Lipinski definition) is 0. The van der Waals surface area contributed by atoms with Gasteiger partial charge in [0.15, 0.2) is 0 Å². The molecule has 0 saturated carbocycles. The minimum atomic E-state index is 0.0604. The molecule has 0 bridgehead atoms. The van der Waals surface area contributed by atoms with E-state index in [9.17, 15) is 4.79 Å². The first-order chi connectivity index (χ1) is 15.0. The Balaban J connectivity index is 1.63. The minimum absolute atomic E-state index is 0.0604. The molecule has 3 aliphatic rings. The predicted octanol–water partition coefficient (Wildman–Crippen LogP) is 6.80. The number of aryl methyl sites for hydroxylation is 3. The van der Waals surface area contributed by atoms with Crippen LogP contribution in [0.5, 0.6) is 0 Å². The number of amides is 1. The van der Waals surface area contributed by atoms with Gasteiger partial charge >= 0.3 is 0 Å². The van der Waals surface area contributed by atoms with Crippen molar-refractivity contribution in [2.24, 2.45) is 0 Å². The molecule has 2 nitrogen and oxygen atoms in total. The summed E-state index contributed by atoms with van der Waals surface area (Å²) >= 11 is 0. The van der Waals surface area contributed by atoms with Gasteiger partial charge in [0.1, 0.15) is 0 Å². The second-order valence-electron chi connectivity index (χ2n) is 8.43. The van der Waals surface area contributed by atoms with Gasteiger partial charge in [-0.15, -0.1) is 0 Å². The van der Waals surface area contributed by atoms with Crippen LogP contribution in [0.1, 0.15) is 33.4 Å². The third kappa shape index (κ3) is 3.34. The highest BCUT2D eigenvalue weighted by Gasteiger charge is 2.32. The first-order valence-electron chi connectivity index (χ1n) is 10.7. The lowest BCUT2D eigenvalue weighted by molar-refractivity contribution is -0.113. The normalized spacial score (nSPS) is 14.5. The van der Waals surface area contributed by atoms with Gasteiger partial charge in [0.2, 0.25) is 0 Å². The fourth-order valence-electron chi connectivity index (χ4n) is 4.78. The molecule has 1 amide bonds. The van der Waals surface area contributed by atoms with Crippen LogP contribution in [0.15, 0.2) is 78.9 Å². The Kier molecular flexibility index (Phi) is 4.71. The Bertz CT molecular complexity index is 1300. The first-order valence-corrected chi connectivity index (χ1v) is 10.7. The van der Waals surface area contributed by atoms with Crippen molar-refractivity contribution in [3.63, 3.8) is 0 Å². The molecule has 31 heavy (non-hydrogen) atoms. The van der Waals surface area contributed by atoms with Gasteiger partial charge in [-0.2, -0.15) is 0 Å². The average Bonchev–Trinajstić information content (AvgIpc) is 3.26. The van der Waals surface area contributed by atoms with E-state index >= 15 is 0 Å². The number of nitrogens with zero attached hydrogens (tertiary/aromatic N) is 1. The second kappa shape index (κ2) is 7.55. The van der Waals surface area contributed by atoms with E-state index in [1.54, 1.807) is 0 Å². The monoisotopic (exact) mass is 403 g/mol. The summed E-state index contributed by atoms with van der Waals surface area (Å²) in [5.74, 6) is 0.0604. The molecule has 1 aliphatic heterocycles. The summed E-state index contributed by atoms with van der Waals surface area (Å²) in [6, 6.07) is 27.0. The maximum atomic E-state index is 13.6. The zero-order chi connectivity index (χ0) is 21.5. The predicted molar refractivity (Wildman–Crippen MR) is 129 cm³/mol. The molecule has 0 radical (unpaired) electrons. The quantitative estimate of drug-likeness (QED) is 0.344. The molecule has 0 unspecified atom stereocenters. The third-order valence-corrected chi connectivity index (χ3v) is 6.14. The molecule has 0 aromatic heterocycles. The number of para-hydroxylation sites is 1. The van der Waals surface area contributed by atoms with Gasteiger partial charge < -0.3 is 4.90 Å². The number of carbonyl (C=O) groups is 1. The Hall–Kier alpha value is -3.65. The summed E-state index contributed by atoms with van der Waals surface area (Å²) in [6.45, 7) is 7.02. The summed E-state index contributed by atoms with van der Waals surface area (Å²) in [7, 11) is 0. The van der Waals surface area contributed by atoms with Gasteiger partial charge in [-0.1, -0.05) is 78.4 Å². The molecular formula is C29H25NO. The summed E-state index contributed by atoms with van der Waals surface area (Å²) < 4.78 is 0. The Morgan fingerprint density at radius 2 is 1.48 bits per heavy atom. The van der Waals surface area contributed by atoms with Gasteiger partial charge in [0, 0.05) is 11.1 Å². The molecule has 2 heteroatoms. The molecule has 0 atom stereocenters. The van der Waals surface area contributed by atoms with Crippen molar-refractivity contribution in [1.82, 2.24) is 0 Å². The van der Waals surface area contributed by atoms with Crippen molar-refractivity contribution in [3.8, 4) is 11.1 Å². The van der Waals surface area contributed by atoms with E-state index in [4.69, 9.17) is 0 Å². The third-order valence-electron chi connectivity index (χ3n) is 6.14. The zero-order valence-corrected chi connectivity index (χ0v) is 18.1. The van der Waals surface area contributed by atoms with Crippen LogP contribution in [-0.2, 0) is 11.3 Å². The highest BCUT2D eigenvalue weighted by atomic mass is 16.2. The topological polar surface area (TPSA) is 20.3 Å². The number of anilines is 1. The average molecular weight is 404 g/mol. The van der Waals surface area contributed by atoms with Gasteiger partial charge in [-0.05, 0) is 66.3 Å². The molecule has 0 saturated heterocycles. The maximum absolute atomic E-state index is 13.6. The van der Waals surface area contributed by atoms with E-state index in [0.717, 1.165) is 28.0 Å². The van der Waals surface area contributed by atoms with Crippen LogP contribution in [0, 0.1) is 20.8 Å².